The second kappa shape index (κ2) is 4.79. The fourth-order valence-corrected chi connectivity index (χ4v) is 1.27. The number of aromatic carboxylic acids is 1. The Bertz CT molecular complexity index is 400. The third-order valence-electron chi connectivity index (χ3n) is 1.70. The molecular formula is C10H8ClO4-. The summed E-state index contributed by atoms with van der Waals surface area (Å²) in [6.07, 6.45) is 0. The molecular weight excluding hydrogens is 220 g/mol. The fourth-order valence-electron chi connectivity index (χ4n) is 1.02. The van der Waals surface area contributed by atoms with E-state index in [0.29, 0.717) is 0 Å². The SMILES string of the molecule is CCOC(=O)c1ccc(C(=O)[O-])cc1Cl. The summed E-state index contributed by atoms with van der Waals surface area (Å²) in [5.74, 6) is -1.92. The molecule has 0 fully saturated rings. The zero-order chi connectivity index (χ0) is 11.4. The molecule has 0 aliphatic heterocycles. The number of carboxylic acids is 1. The van der Waals surface area contributed by atoms with Crippen LogP contribution in [-0.4, -0.2) is 18.5 Å². The Balaban J connectivity index is 3.03. The number of carbonyl (C=O) groups excluding carboxylic acids is 2. The monoisotopic (exact) mass is 227 g/mol. The molecule has 0 N–H and O–H groups in total. The second-order valence-corrected chi connectivity index (χ2v) is 3.11. The molecule has 1 aromatic carbocycles. The number of hydrogen-bond donors (Lipinski definition) is 0. The van der Waals surface area contributed by atoms with Crippen molar-refractivity contribution in [2.45, 2.75) is 6.92 Å². The zero-order valence-electron chi connectivity index (χ0n) is 7.95. The molecule has 0 heterocycles. The van der Waals surface area contributed by atoms with Crippen LogP contribution >= 0.6 is 11.6 Å². The minimum atomic E-state index is -1.34. The van der Waals surface area contributed by atoms with Gasteiger partial charge in [0, 0.05) is 0 Å². The van der Waals surface area contributed by atoms with E-state index in [-0.39, 0.29) is 22.8 Å². The summed E-state index contributed by atoms with van der Waals surface area (Å²) in [4.78, 5) is 21.8. The van der Waals surface area contributed by atoms with Gasteiger partial charge in [0.2, 0.25) is 0 Å². The van der Waals surface area contributed by atoms with Crippen molar-refractivity contribution >= 4 is 23.5 Å². The van der Waals surface area contributed by atoms with Crippen LogP contribution in [0.2, 0.25) is 5.02 Å². The molecule has 0 aliphatic rings. The summed E-state index contributed by atoms with van der Waals surface area (Å²) in [6.45, 7) is 1.90. The van der Waals surface area contributed by atoms with Gasteiger partial charge in [0.15, 0.2) is 0 Å². The molecule has 5 heteroatoms. The molecule has 15 heavy (non-hydrogen) atoms. The van der Waals surface area contributed by atoms with Crippen LogP contribution in [-0.2, 0) is 4.74 Å². The molecule has 0 amide bonds. The van der Waals surface area contributed by atoms with Gasteiger partial charge in [0.25, 0.3) is 0 Å². The molecule has 0 saturated heterocycles. The summed E-state index contributed by atoms with van der Waals surface area (Å²) in [5, 5.41) is 10.5. The smallest absolute Gasteiger partial charge is 0.339 e. The van der Waals surface area contributed by atoms with E-state index in [1.54, 1.807) is 6.92 Å². The third kappa shape index (κ3) is 2.70. The first-order valence-corrected chi connectivity index (χ1v) is 4.62. The van der Waals surface area contributed by atoms with E-state index in [1.165, 1.54) is 12.1 Å². The van der Waals surface area contributed by atoms with Gasteiger partial charge in [0.05, 0.1) is 23.2 Å². The van der Waals surface area contributed by atoms with Crippen LogP contribution in [0.4, 0.5) is 0 Å². The van der Waals surface area contributed by atoms with Crippen LogP contribution in [0.1, 0.15) is 27.6 Å². The van der Waals surface area contributed by atoms with Crippen molar-refractivity contribution < 1.29 is 19.4 Å². The number of esters is 1. The molecule has 80 valence electrons. The van der Waals surface area contributed by atoms with Gasteiger partial charge in [0.1, 0.15) is 0 Å². The third-order valence-corrected chi connectivity index (χ3v) is 2.01. The van der Waals surface area contributed by atoms with E-state index >= 15 is 0 Å². The van der Waals surface area contributed by atoms with Crippen LogP contribution < -0.4 is 5.11 Å². The number of benzene rings is 1. The lowest BCUT2D eigenvalue weighted by molar-refractivity contribution is -0.255. The maximum absolute atomic E-state index is 11.3. The number of ether oxygens (including phenoxy) is 1. The van der Waals surface area contributed by atoms with Gasteiger partial charge in [-0.3, -0.25) is 0 Å². The van der Waals surface area contributed by atoms with Gasteiger partial charge >= 0.3 is 5.97 Å². The van der Waals surface area contributed by atoms with E-state index in [4.69, 9.17) is 16.3 Å². The maximum atomic E-state index is 11.3. The normalized spacial score (nSPS) is 9.73. The minimum Gasteiger partial charge on any atom is -0.545 e. The van der Waals surface area contributed by atoms with E-state index in [0.717, 1.165) is 6.07 Å². The van der Waals surface area contributed by atoms with Crippen molar-refractivity contribution in [2.24, 2.45) is 0 Å². The lowest BCUT2D eigenvalue weighted by Gasteiger charge is -2.06. The average Bonchev–Trinajstić information content (AvgIpc) is 2.17. The summed E-state index contributed by atoms with van der Waals surface area (Å²) < 4.78 is 4.72. The van der Waals surface area contributed by atoms with Crippen molar-refractivity contribution in [2.75, 3.05) is 6.61 Å². The number of rotatable bonds is 3. The molecule has 0 bridgehead atoms. The summed E-state index contributed by atoms with van der Waals surface area (Å²) >= 11 is 5.71. The fraction of sp³-hybridized carbons (Fsp3) is 0.200. The average molecular weight is 228 g/mol. The number of halogens is 1. The summed E-state index contributed by atoms with van der Waals surface area (Å²) in [7, 11) is 0. The number of carbonyl (C=O) groups is 2. The van der Waals surface area contributed by atoms with E-state index in [2.05, 4.69) is 0 Å². The first-order valence-electron chi connectivity index (χ1n) is 4.24. The van der Waals surface area contributed by atoms with Crippen LogP contribution in [0, 0.1) is 0 Å². The Morgan fingerprint density at radius 2 is 2.13 bits per heavy atom. The van der Waals surface area contributed by atoms with Crippen molar-refractivity contribution in [1.29, 1.82) is 0 Å². The molecule has 0 saturated carbocycles. The lowest BCUT2D eigenvalue weighted by atomic mass is 10.1. The largest absolute Gasteiger partial charge is 0.545 e. The highest BCUT2D eigenvalue weighted by atomic mass is 35.5. The molecule has 0 aromatic heterocycles. The topological polar surface area (TPSA) is 66.4 Å². The quantitative estimate of drug-likeness (QED) is 0.719. The van der Waals surface area contributed by atoms with Gasteiger partial charge in [-0.05, 0) is 24.6 Å². The van der Waals surface area contributed by atoms with Crippen molar-refractivity contribution in [3.63, 3.8) is 0 Å². The Morgan fingerprint density at radius 1 is 1.47 bits per heavy atom. The van der Waals surface area contributed by atoms with Gasteiger partial charge in [-0.25, -0.2) is 4.79 Å². The second-order valence-electron chi connectivity index (χ2n) is 2.70. The highest BCUT2D eigenvalue weighted by Gasteiger charge is 2.11. The standard InChI is InChI=1S/C10H9ClO4/c1-2-15-10(14)7-4-3-6(9(12)13)5-8(7)11/h3-5H,2H2,1H3,(H,12,13)/p-1. The zero-order valence-corrected chi connectivity index (χ0v) is 8.71. The summed E-state index contributed by atoms with van der Waals surface area (Å²) in [6, 6.07) is 3.70. The van der Waals surface area contributed by atoms with Crippen LogP contribution in [0.5, 0.6) is 0 Å². The van der Waals surface area contributed by atoms with Crippen molar-refractivity contribution in [3.05, 3.63) is 34.3 Å². The molecule has 0 aliphatic carbocycles. The van der Waals surface area contributed by atoms with Gasteiger partial charge in [-0.2, -0.15) is 0 Å². The predicted molar refractivity (Wildman–Crippen MR) is 51.7 cm³/mol. The van der Waals surface area contributed by atoms with E-state index in [9.17, 15) is 14.7 Å². The number of carboxylic acid groups (broad SMARTS) is 1. The lowest BCUT2D eigenvalue weighted by Crippen LogP contribution is -2.22. The molecule has 0 unspecified atom stereocenters. The van der Waals surface area contributed by atoms with Crippen LogP contribution in [0.15, 0.2) is 18.2 Å². The van der Waals surface area contributed by atoms with E-state index in [1.807, 2.05) is 0 Å². The van der Waals surface area contributed by atoms with Crippen LogP contribution in [0.3, 0.4) is 0 Å². The Hall–Kier alpha value is -1.55. The number of hydrogen-bond acceptors (Lipinski definition) is 4. The van der Waals surface area contributed by atoms with Crippen molar-refractivity contribution in [3.8, 4) is 0 Å². The molecule has 1 aromatic rings. The molecule has 1 rings (SSSR count). The summed E-state index contributed by atoms with van der Waals surface area (Å²) in [5.41, 5.74) is 0.0663. The van der Waals surface area contributed by atoms with Crippen molar-refractivity contribution in [1.82, 2.24) is 0 Å². The van der Waals surface area contributed by atoms with Gasteiger partial charge in [-0.1, -0.05) is 17.7 Å². The molecule has 4 nitrogen and oxygen atoms in total. The Kier molecular flexibility index (Phi) is 3.68. The van der Waals surface area contributed by atoms with E-state index < -0.39 is 11.9 Å². The highest BCUT2D eigenvalue weighted by molar-refractivity contribution is 6.33. The Morgan fingerprint density at radius 3 is 2.60 bits per heavy atom. The highest BCUT2D eigenvalue weighted by Crippen LogP contribution is 2.18. The molecule has 0 radical (unpaired) electrons. The first kappa shape index (κ1) is 11.5. The maximum Gasteiger partial charge on any atom is 0.339 e. The minimum absolute atomic E-state index is 0.0372. The first-order chi connectivity index (χ1) is 7.06. The predicted octanol–water partition coefficient (Wildman–Crippen LogP) is 0.880. The molecule has 0 atom stereocenters. The van der Waals surface area contributed by atoms with Gasteiger partial charge < -0.3 is 14.6 Å². The molecule has 0 spiro atoms. The van der Waals surface area contributed by atoms with Gasteiger partial charge in [-0.15, -0.1) is 0 Å². The van der Waals surface area contributed by atoms with Crippen LogP contribution in [0.25, 0.3) is 0 Å². The Labute approximate surface area is 91.4 Å².